The molecule has 0 bridgehead atoms. The van der Waals surface area contributed by atoms with Crippen LogP contribution < -0.4 is 5.32 Å². The summed E-state index contributed by atoms with van der Waals surface area (Å²) in [4.78, 5) is 12.4. The highest BCUT2D eigenvalue weighted by Crippen LogP contribution is 2.24. The molecular formula is C15H22BrNO3S. The summed E-state index contributed by atoms with van der Waals surface area (Å²) in [6.45, 7) is 6.91. The minimum absolute atomic E-state index is 0.153. The van der Waals surface area contributed by atoms with E-state index in [-0.39, 0.29) is 21.0 Å². The lowest BCUT2D eigenvalue weighted by Crippen LogP contribution is -2.31. The third-order valence-electron chi connectivity index (χ3n) is 2.84. The summed E-state index contributed by atoms with van der Waals surface area (Å²) >= 11 is 3.55. The van der Waals surface area contributed by atoms with Gasteiger partial charge in [0.2, 0.25) is 0 Å². The van der Waals surface area contributed by atoms with Crippen LogP contribution in [0.5, 0.6) is 0 Å². The number of benzene rings is 1. The van der Waals surface area contributed by atoms with Gasteiger partial charge in [-0.2, -0.15) is 0 Å². The minimum atomic E-state index is -3.30. The molecule has 0 aromatic heterocycles. The molecule has 0 fully saturated rings. The molecule has 4 nitrogen and oxygen atoms in total. The Morgan fingerprint density at radius 2 is 1.95 bits per heavy atom. The Kier molecular flexibility index (Phi) is 5.99. The lowest BCUT2D eigenvalue weighted by atomic mass is 9.90. The molecule has 6 heteroatoms. The van der Waals surface area contributed by atoms with Crippen molar-refractivity contribution in [3.05, 3.63) is 29.8 Å². The molecule has 0 spiro atoms. The third kappa shape index (κ3) is 6.61. The summed E-state index contributed by atoms with van der Waals surface area (Å²) in [6.07, 6.45) is 2.05. The average Bonchev–Trinajstić information content (AvgIpc) is 2.33. The number of sulfone groups is 1. The van der Waals surface area contributed by atoms with E-state index in [1.807, 2.05) is 0 Å². The Morgan fingerprint density at radius 1 is 1.33 bits per heavy atom. The van der Waals surface area contributed by atoms with E-state index in [9.17, 15) is 13.2 Å². The largest absolute Gasteiger partial charge is 0.351 e. The van der Waals surface area contributed by atoms with Gasteiger partial charge in [-0.25, -0.2) is 8.42 Å². The Bertz CT molecular complexity index is 606. The first kappa shape index (κ1) is 18.2. The van der Waals surface area contributed by atoms with Crippen LogP contribution in [-0.2, 0) is 9.84 Å². The molecular weight excluding hydrogens is 354 g/mol. The molecule has 1 aromatic rings. The number of hydrogen-bond acceptors (Lipinski definition) is 3. The van der Waals surface area contributed by atoms with Gasteiger partial charge in [0, 0.05) is 23.2 Å². The molecule has 1 N–H and O–H groups in total. The lowest BCUT2D eigenvalue weighted by molar-refractivity contribution is 0.0952. The topological polar surface area (TPSA) is 63.2 Å². The van der Waals surface area contributed by atoms with E-state index in [0.29, 0.717) is 12.1 Å². The molecule has 1 unspecified atom stereocenters. The van der Waals surface area contributed by atoms with Gasteiger partial charge in [0.15, 0.2) is 9.84 Å². The van der Waals surface area contributed by atoms with Crippen LogP contribution in [0.3, 0.4) is 0 Å². The van der Waals surface area contributed by atoms with E-state index in [1.165, 1.54) is 12.1 Å². The van der Waals surface area contributed by atoms with Crippen LogP contribution in [0.4, 0.5) is 0 Å². The van der Waals surface area contributed by atoms with Crippen molar-refractivity contribution in [2.24, 2.45) is 5.41 Å². The van der Waals surface area contributed by atoms with Crippen molar-refractivity contribution in [3.8, 4) is 0 Å². The summed E-state index contributed by atoms with van der Waals surface area (Å²) in [6, 6.07) is 6.07. The molecule has 0 radical (unpaired) electrons. The molecule has 0 saturated heterocycles. The van der Waals surface area contributed by atoms with Crippen molar-refractivity contribution >= 4 is 31.7 Å². The third-order valence-corrected chi connectivity index (χ3v) is 4.60. The lowest BCUT2D eigenvalue weighted by Gasteiger charge is -2.22. The Labute approximate surface area is 135 Å². The molecule has 0 saturated carbocycles. The van der Waals surface area contributed by atoms with Crippen molar-refractivity contribution in [2.75, 3.05) is 12.8 Å². The van der Waals surface area contributed by atoms with Gasteiger partial charge in [-0.05, 0) is 30.0 Å². The molecule has 1 rings (SSSR count). The van der Waals surface area contributed by atoms with Gasteiger partial charge in [0.1, 0.15) is 0 Å². The van der Waals surface area contributed by atoms with E-state index >= 15 is 0 Å². The second-order valence-electron chi connectivity index (χ2n) is 6.37. The second-order valence-corrected chi connectivity index (χ2v) is 9.68. The predicted molar refractivity (Wildman–Crippen MR) is 88.7 cm³/mol. The summed E-state index contributed by atoms with van der Waals surface area (Å²) in [5, 5.41) is 2.82. The van der Waals surface area contributed by atoms with Gasteiger partial charge >= 0.3 is 0 Å². The van der Waals surface area contributed by atoms with E-state index in [0.717, 1.165) is 12.7 Å². The Balaban J connectivity index is 2.69. The quantitative estimate of drug-likeness (QED) is 0.804. The van der Waals surface area contributed by atoms with Gasteiger partial charge in [-0.3, -0.25) is 4.79 Å². The van der Waals surface area contributed by atoms with Gasteiger partial charge in [0.25, 0.3) is 5.91 Å². The zero-order valence-electron chi connectivity index (χ0n) is 12.8. The highest BCUT2D eigenvalue weighted by Gasteiger charge is 2.18. The fourth-order valence-electron chi connectivity index (χ4n) is 1.91. The number of rotatable bonds is 5. The van der Waals surface area contributed by atoms with Gasteiger partial charge < -0.3 is 5.32 Å². The molecule has 118 valence electrons. The molecule has 1 aromatic carbocycles. The maximum Gasteiger partial charge on any atom is 0.251 e. The molecule has 0 heterocycles. The van der Waals surface area contributed by atoms with Crippen LogP contribution in [0.15, 0.2) is 29.2 Å². The summed E-state index contributed by atoms with van der Waals surface area (Å²) in [5.74, 6) is -0.265. The van der Waals surface area contributed by atoms with Crippen molar-refractivity contribution < 1.29 is 13.2 Å². The van der Waals surface area contributed by atoms with Crippen molar-refractivity contribution in [3.63, 3.8) is 0 Å². The first-order chi connectivity index (χ1) is 9.49. The smallest absolute Gasteiger partial charge is 0.251 e. The zero-order chi connectivity index (χ0) is 16.3. The SMILES string of the molecule is CC(C)(C)CC(Br)CNC(=O)c1cccc(S(C)(=O)=O)c1. The number of hydrogen-bond donors (Lipinski definition) is 1. The molecule has 1 atom stereocenters. The maximum absolute atomic E-state index is 12.1. The first-order valence-corrected chi connectivity index (χ1v) is 9.52. The first-order valence-electron chi connectivity index (χ1n) is 6.71. The van der Waals surface area contributed by atoms with Gasteiger partial charge in [0.05, 0.1) is 4.90 Å². The van der Waals surface area contributed by atoms with Crippen molar-refractivity contribution in [2.45, 2.75) is 36.9 Å². The minimum Gasteiger partial charge on any atom is -0.351 e. The molecule has 1 amide bonds. The number of carbonyl (C=O) groups is 1. The maximum atomic E-state index is 12.1. The molecule has 0 aliphatic carbocycles. The normalized spacial score (nSPS) is 13.8. The van der Waals surface area contributed by atoms with Crippen molar-refractivity contribution in [1.29, 1.82) is 0 Å². The van der Waals surface area contributed by atoms with Crippen LogP contribution in [0.1, 0.15) is 37.6 Å². The zero-order valence-corrected chi connectivity index (χ0v) is 15.2. The molecule has 0 aliphatic rings. The number of carbonyl (C=O) groups excluding carboxylic acids is 1. The van der Waals surface area contributed by atoms with E-state index in [2.05, 4.69) is 42.0 Å². The van der Waals surface area contributed by atoms with Crippen LogP contribution in [-0.4, -0.2) is 32.0 Å². The standard InChI is InChI=1S/C15H22BrNO3S/c1-15(2,3)9-12(16)10-17-14(18)11-6-5-7-13(8-11)21(4,19)20/h5-8,12H,9-10H2,1-4H3,(H,17,18). The van der Waals surface area contributed by atoms with E-state index < -0.39 is 9.84 Å². The van der Waals surface area contributed by atoms with Gasteiger partial charge in [-0.1, -0.05) is 42.8 Å². The second kappa shape index (κ2) is 6.92. The predicted octanol–water partition coefficient (Wildman–Crippen LogP) is 3.02. The monoisotopic (exact) mass is 375 g/mol. The number of nitrogens with one attached hydrogen (secondary N) is 1. The highest BCUT2D eigenvalue weighted by molar-refractivity contribution is 9.09. The van der Waals surface area contributed by atoms with Crippen molar-refractivity contribution in [1.82, 2.24) is 5.32 Å². The number of amides is 1. The Hall–Kier alpha value is -0.880. The number of halogens is 1. The summed E-state index contributed by atoms with van der Waals surface area (Å²) < 4.78 is 23.0. The number of alkyl halides is 1. The summed E-state index contributed by atoms with van der Waals surface area (Å²) in [5.41, 5.74) is 0.531. The van der Waals surface area contributed by atoms with Crippen LogP contribution in [0.2, 0.25) is 0 Å². The summed E-state index contributed by atoms with van der Waals surface area (Å²) in [7, 11) is -3.30. The van der Waals surface area contributed by atoms with E-state index in [1.54, 1.807) is 12.1 Å². The van der Waals surface area contributed by atoms with Gasteiger partial charge in [-0.15, -0.1) is 0 Å². The van der Waals surface area contributed by atoms with Crippen LogP contribution in [0, 0.1) is 5.41 Å². The Morgan fingerprint density at radius 3 is 2.48 bits per heavy atom. The average molecular weight is 376 g/mol. The van der Waals surface area contributed by atoms with Crippen LogP contribution in [0.25, 0.3) is 0 Å². The van der Waals surface area contributed by atoms with Crippen LogP contribution >= 0.6 is 15.9 Å². The fourth-order valence-corrected chi connectivity index (χ4v) is 3.71. The van der Waals surface area contributed by atoms with E-state index in [4.69, 9.17) is 0 Å². The molecule has 21 heavy (non-hydrogen) atoms. The fraction of sp³-hybridized carbons (Fsp3) is 0.533. The highest BCUT2D eigenvalue weighted by atomic mass is 79.9. The molecule has 0 aliphatic heterocycles.